The van der Waals surface area contributed by atoms with Gasteiger partial charge in [0.1, 0.15) is 11.3 Å². The Morgan fingerprint density at radius 2 is 1.97 bits per heavy atom. The smallest absolute Gasteiger partial charge is 0.229 e. The van der Waals surface area contributed by atoms with Gasteiger partial charge in [-0.1, -0.05) is 41.2 Å². The summed E-state index contributed by atoms with van der Waals surface area (Å²) in [5, 5.41) is 0.682. The highest BCUT2D eigenvalue weighted by atomic mass is 32.2. The highest BCUT2D eigenvalue weighted by Gasteiger charge is 2.21. The fraction of sp³-hybridized carbons (Fsp3) is 0.240. The van der Waals surface area contributed by atoms with E-state index in [1.54, 1.807) is 29.1 Å². The number of para-hydroxylation sites is 1. The first kappa shape index (κ1) is 22.3. The second-order valence-electron chi connectivity index (χ2n) is 7.29. The molecule has 0 aliphatic heterocycles. The maximum Gasteiger partial charge on any atom is 0.229 e. The van der Waals surface area contributed by atoms with Crippen molar-refractivity contribution in [1.29, 1.82) is 0 Å². The predicted octanol–water partition coefficient (Wildman–Crippen LogP) is 6.11. The lowest BCUT2D eigenvalue weighted by Gasteiger charge is -2.20. The van der Waals surface area contributed by atoms with E-state index in [2.05, 4.69) is 36.2 Å². The molecule has 0 N–H and O–H groups in total. The minimum Gasteiger partial charge on any atom is -0.492 e. The molecule has 0 bridgehead atoms. The molecule has 0 radical (unpaired) electrons. The van der Waals surface area contributed by atoms with Crippen LogP contribution >= 0.6 is 23.1 Å². The number of ether oxygens (including phenoxy) is 1. The number of aromatic nitrogens is 2. The Kier molecular flexibility index (Phi) is 7.39. The highest BCUT2D eigenvalue weighted by molar-refractivity contribution is 7.99. The van der Waals surface area contributed by atoms with E-state index < -0.39 is 0 Å². The number of hydrogen-bond acceptors (Lipinski definition) is 6. The van der Waals surface area contributed by atoms with Crippen molar-refractivity contribution in [1.82, 2.24) is 9.97 Å². The lowest BCUT2D eigenvalue weighted by Crippen LogP contribution is -2.30. The number of carbonyl (C=O) groups excluding carboxylic acids is 1. The van der Waals surface area contributed by atoms with Crippen molar-refractivity contribution in [2.75, 3.05) is 17.3 Å². The number of nitrogens with zero attached hydrogens (tertiary/aromatic N) is 3. The van der Waals surface area contributed by atoms with Crippen LogP contribution in [0.2, 0.25) is 0 Å². The van der Waals surface area contributed by atoms with Crippen LogP contribution in [0.1, 0.15) is 24.5 Å². The number of anilines is 1. The maximum atomic E-state index is 13.3. The van der Waals surface area contributed by atoms with E-state index in [9.17, 15) is 4.79 Å². The normalized spacial score (nSPS) is 10.9. The molecule has 2 heterocycles. The quantitative estimate of drug-likeness (QED) is 0.280. The molecule has 2 aromatic heterocycles. The summed E-state index contributed by atoms with van der Waals surface area (Å²) in [5.41, 5.74) is 3.00. The zero-order valence-corrected chi connectivity index (χ0v) is 19.8. The average molecular weight is 464 g/mol. The van der Waals surface area contributed by atoms with Crippen LogP contribution in [0.25, 0.3) is 10.2 Å². The minimum absolute atomic E-state index is 0.0467. The van der Waals surface area contributed by atoms with E-state index in [-0.39, 0.29) is 5.91 Å². The summed E-state index contributed by atoms with van der Waals surface area (Å²) >= 11 is 3.20. The van der Waals surface area contributed by atoms with Gasteiger partial charge in [-0.15, -0.1) is 11.8 Å². The third-order valence-electron chi connectivity index (χ3n) is 4.87. The van der Waals surface area contributed by atoms with Gasteiger partial charge in [-0.2, -0.15) is 0 Å². The molecule has 4 rings (SSSR count). The van der Waals surface area contributed by atoms with Crippen LogP contribution in [-0.2, 0) is 11.3 Å². The molecule has 5 nitrogen and oxygen atoms in total. The molecule has 0 atom stereocenters. The summed E-state index contributed by atoms with van der Waals surface area (Å²) in [7, 11) is 0. The van der Waals surface area contributed by atoms with Gasteiger partial charge in [-0.3, -0.25) is 14.7 Å². The van der Waals surface area contributed by atoms with Crippen LogP contribution in [0, 0.1) is 6.92 Å². The first-order chi connectivity index (χ1) is 15.6. The molecule has 4 aromatic rings. The highest BCUT2D eigenvalue weighted by Crippen LogP contribution is 2.35. The number of pyridine rings is 1. The molecule has 7 heteroatoms. The molecule has 0 spiro atoms. The molecule has 0 saturated heterocycles. The largest absolute Gasteiger partial charge is 0.492 e. The van der Waals surface area contributed by atoms with E-state index >= 15 is 0 Å². The van der Waals surface area contributed by atoms with Gasteiger partial charge in [-0.25, -0.2) is 4.98 Å². The number of thioether (sulfide) groups is 1. The van der Waals surface area contributed by atoms with Crippen LogP contribution in [0.5, 0.6) is 5.75 Å². The third-order valence-corrected chi connectivity index (χ3v) is 6.93. The Balaban J connectivity index is 1.55. The number of rotatable bonds is 9. The van der Waals surface area contributed by atoms with E-state index in [1.165, 1.54) is 21.8 Å². The Morgan fingerprint density at radius 3 is 2.72 bits per heavy atom. The van der Waals surface area contributed by atoms with Crippen molar-refractivity contribution >= 4 is 44.4 Å². The van der Waals surface area contributed by atoms with Crippen molar-refractivity contribution in [3.8, 4) is 5.75 Å². The van der Waals surface area contributed by atoms with Crippen molar-refractivity contribution < 1.29 is 9.53 Å². The fourth-order valence-corrected chi connectivity index (χ4v) is 5.10. The molecule has 0 aliphatic rings. The fourth-order valence-electron chi connectivity index (χ4n) is 3.26. The van der Waals surface area contributed by atoms with Crippen molar-refractivity contribution in [2.24, 2.45) is 0 Å². The van der Waals surface area contributed by atoms with Crippen LogP contribution in [0.3, 0.4) is 0 Å². The van der Waals surface area contributed by atoms with E-state index in [1.807, 2.05) is 37.3 Å². The van der Waals surface area contributed by atoms with Gasteiger partial charge in [-0.05, 0) is 49.7 Å². The predicted molar refractivity (Wildman–Crippen MR) is 133 cm³/mol. The summed E-state index contributed by atoms with van der Waals surface area (Å²) in [6.07, 6.45) is 3.95. The van der Waals surface area contributed by atoms with E-state index in [0.29, 0.717) is 30.5 Å². The van der Waals surface area contributed by atoms with E-state index in [4.69, 9.17) is 9.72 Å². The number of aryl methyl sites for hydroxylation is 1. The van der Waals surface area contributed by atoms with Crippen molar-refractivity contribution in [2.45, 2.75) is 31.7 Å². The monoisotopic (exact) mass is 463 g/mol. The molecule has 0 unspecified atom stereocenters. The van der Waals surface area contributed by atoms with Gasteiger partial charge >= 0.3 is 0 Å². The van der Waals surface area contributed by atoms with Crippen molar-refractivity contribution in [3.63, 3.8) is 0 Å². The molecule has 1 amide bonds. The first-order valence-corrected chi connectivity index (χ1v) is 12.4. The van der Waals surface area contributed by atoms with Gasteiger partial charge in [0.2, 0.25) is 5.91 Å². The number of benzene rings is 2. The van der Waals surface area contributed by atoms with Crippen LogP contribution in [0.4, 0.5) is 5.13 Å². The summed E-state index contributed by atoms with van der Waals surface area (Å²) in [5.74, 6) is 1.50. The summed E-state index contributed by atoms with van der Waals surface area (Å²) in [6, 6.07) is 18.1. The van der Waals surface area contributed by atoms with Crippen LogP contribution in [0.15, 0.2) is 71.9 Å². The van der Waals surface area contributed by atoms with Gasteiger partial charge < -0.3 is 4.74 Å². The zero-order valence-electron chi connectivity index (χ0n) is 18.2. The standard InChI is InChI=1S/C25H25N3O2S2/c1-3-30-21-7-4-8-22-24(21)27-25(32-22)28(17-19-6-5-14-26-16-19)23(29)13-15-31-20-11-9-18(2)10-12-20/h4-12,14,16H,3,13,15,17H2,1-2H3. The Morgan fingerprint density at radius 1 is 1.12 bits per heavy atom. The molecular formula is C25H25N3O2S2. The summed E-state index contributed by atoms with van der Waals surface area (Å²) in [4.78, 5) is 25.2. The Bertz CT molecular complexity index is 1180. The first-order valence-electron chi connectivity index (χ1n) is 10.5. The number of thiazole rings is 1. The van der Waals surface area contributed by atoms with Crippen LogP contribution < -0.4 is 9.64 Å². The lowest BCUT2D eigenvalue weighted by molar-refractivity contribution is -0.118. The lowest BCUT2D eigenvalue weighted by atomic mass is 10.2. The van der Waals surface area contributed by atoms with Crippen LogP contribution in [-0.4, -0.2) is 28.2 Å². The Labute approximate surface area is 196 Å². The van der Waals surface area contributed by atoms with Gasteiger partial charge in [0.05, 0.1) is 17.9 Å². The van der Waals surface area contributed by atoms with Gasteiger partial charge in [0, 0.05) is 29.5 Å². The molecule has 32 heavy (non-hydrogen) atoms. The number of hydrogen-bond donors (Lipinski definition) is 0. The summed E-state index contributed by atoms with van der Waals surface area (Å²) < 4.78 is 6.74. The molecule has 0 saturated carbocycles. The van der Waals surface area contributed by atoms with Crippen molar-refractivity contribution in [3.05, 3.63) is 78.1 Å². The SMILES string of the molecule is CCOc1cccc2sc(N(Cc3cccnc3)C(=O)CCSc3ccc(C)cc3)nc12. The molecule has 0 fully saturated rings. The molecule has 164 valence electrons. The zero-order chi connectivity index (χ0) is 22.3. The maximum absolute atomic E-state index is 13.3. The van der Waals surface area contributed by atoms with Gasteiger partial charge in [0.15, 0.2) is 5.13 Å². The number of fused-ring (bicyclic) bond motifs is 1. The molecular weight excluding hydrogens is 438 g/mol. The Hall–Kier alpha value is -2.90. The van der Waals surface area contributed by atoms with Gasteiger partial charge in [0.25, 0.3) is 0 Å². The summed E-state index contributed by atoms with van der Waals surface area (Å²) in [6.45, 7) is 5.03. The minimum atomic E-state index is 0.0467. The number of amides is 1. The molecule has 0 aliphatic carbocycles. The number of carbonyl (C=O) groups is 1. The average Bonchev–Trinajstić information content (AvgIpc) is 3.24. The second-order valence-corrected chi connectivity index (χ2v) is 9.46. The van der Waals surface area contributed by atoms with E-state index in [0.717, 1.165) is 21.5 Å². The molecule has 2 aromatic carbocycles. The third kappa shape index (κ3) is 5.47. The topological polar surface area (TPSA) is 55.3 Å². The second kappa shape index (κ2) is 10.6.